The van der Waals surface area contributed by atoms with Crippen LogP contribution in [0.15, 0.2) is 42.7 Å². The molecule has 1 aromatic carbocycles. The standard InChI is InChI=1S/C26H29N7O3/c1-16-14-28-29-17(2)24(16)18(3)36-20-6-7-22-21(13-20)25(31-30-22)19-5-8-23(27-15-19)32-9-11-33(12-10-32)26(34)35-4/h5-8,13-15,18H,9-12H2,1-4H3,(H,30,31)/t18-/m1/s1. The molecule has 0 spiro atoms. The number of aryl methyl sites for hydroxylation is 2. The molecule has 10 nitrogen and oxygen atoms in total. The molecule has 36 heavy (non-hydrogen) atoms. The molecular weight excluding hydrogens is 458 g/mol. The summed E-state index contributed by atoms with van der Waals surface area (Å²) in [5, 5.41) is 16.8. The summed E-state index contributed by atoms with van der Waals surface area (Å²) in [5.41, 5.74) is 5.61. The van der Waals surface area contributed by atoms with Gasteiger partial charge in [0, 0.05) is 48.9 Å². The lowest BCUT2D eigenvalue weighted by Crippen LogP contribution is -2.49. The number of fused-ring (bicyclic) bond motifs is 1. The Labute approximate surface area is 209 Å². The number of piperazine rings is 1. The van der Waals surface area contributed by atoms with E-state index in [0.717, 1.165) is 50.5 Å². The second-order valence-electron chi connectivity index (χ2n) is 8.92. The lowest BCUT2D eigenvalue weighted by atomic mass is 10.0. The van der Waals surface area contributed by atoms with Crippen LogP contribution in [-0.2, 0) is 4.74 Å². The molecule has 1 fully saturated rings. The normalized spacial score (nSPS) is 14.7. The van der Waals surface area contributed by atoms with Crippen LogP contribution in [0.1, 0.15) is 29.8 Å². The first-order valence-corrected chi connectivity index (χ1v) is 11.9. The Hall–Kier alpha value is -4.21. The number of aromatic amines is 1. The molecule has 3 aromatic heterocycles. The number of methoxy groups -OCH3 is 1. The minimum Gasteiger partial charge on any atom is -0.486 e. The molecule has 0 bridgehead atoms. The third-order valence-electron chi connectivity index (χ3n) is 6.59. The fourth-order valence-electron chi connectivity index (χ4n) is 4.74. The Morgan fingerprint density at radius 1 is 1.08 bits per heavy atom. The molecule has 10 heteroatoms. The number of ether oxygens (including phenoxy) is 2. The molecule has 186 valence electrons. The van der Waals surface area contributed by atoms with Gasteiger partial charge in [-0.1, -0.05) is 0 Å². The van der Waals surface area contributed by atoms with Crippen molar-refractivity contribution in [1.82, 2.24) is 30.3 Å². The van der Waals surface area contributed by atoms with Crippen molar-refractivity contribution in [2.75, 3.05) is 38.2 Å². The van der Waals surface area contributed by atoms with Crippen molar-refractivity contribution < 1.29 is 14.3 Å². The Kier molecular flexibility index (Phi) is 6.41. The number of pyridine rings is 1. The van der Waals surface area contributed by atoms with Gasteiger partial charge < -0.3 is 19.3 Å². The number of nitrogens with one attached hydrogen (secondary N) is 1. The number of hydrogen-bond acceptors (Lipinski definition) is 8. The number of carbonyl (C=O) groups is 1. The van der Waals surface area contributed by atoms with Gasteiger partial charge in [0.05, 0.1) is 24.5 Å². The highest BCUT2D eigenvalue weighted by Gasteiger charge is 2.22. The predicted molar refractivity (Wildman–Crippen MR) is 136 cm³/mol. The van der Waals surface area contributed by atoms with Crippen molar-refractivity contribution in [3.8, 4) is 17.0 Å². The molecule has 0 radical (unpaired) electrons. The Balaban J connectivity index is 1.34. The first-order valence-electron chi connectivity index (χ1n) is 11.9. The van der Waals surface area contributed by atoms with Crippen LogP contribution in [0.5, 0.6) is 5.75 Å². The first-order chi connectivity index (χ1) is 17.4. The second kappa shape index (κ2) is 9.80. The number of rotatable bonds is 5. The largest absolute Gasteiger partial charge is 0.486 e. The van der Waals surface area contributed by atoms with Crippen LogP contribution in [-0.4, -0.2) is 69.7 Å². The van der Waals surface area contributed by atoms with E-state index in [1.54, 1.807) is 11.1 Å². The number of H-pyrrole nitrogens is 1. The Morgan fingerprint density at radius 3 is 2.58 bits per heavy atom. The number of carbonyl (C=O) groups excluding carboxylic acids is 1. The van der Waals surface area contributed by atoms with Gasteiger partial charge in [-0.05, 0) is 56.7 Å². The van der Waals surface area contributed by atoms with Crippen molar-refractivity contribution in [2.45, 2.75) is 26.9 Å². The summed E-state index contributed by atoms with van der Waals surface area (Å²) < 4.78 is 11.1. The summed E-state index contributed by atoms with van der Waals surface area (Å²) in [5.74, 6) is 1.62. The van der Waals surface area contributed by atoms with Gasteiger partial charge in [0.15, 0.2) is 0 Å². The molecule has 5 rings (SSSR count). The molecular formula is C26H29N7O3. The zero-order valence-electron chi connectivity index (χ0n) is 20.9. The SMILES string of the molecule is COC(=O)N1CCN(c2ccc(-c3n[nH]c4ccc(O[C@H](C)c5c(C)cnnc5C)cc34)cn2)CC1. The molecule has 1 atom stereocenters. The van der Waals surface area contributed by atoms with Crippen LogP contribution in [0.3, 0.4) is 0 Å². The summed E-state index contributed by atoms with van der Waals surface area (Å²) in [4.78, 5) is 20.3. The second-order valence-corrected chi connectivity index (χ2v) is 8.92. The fraction of sp³-hybridized carbons (Fsp3) is 0.346. The minimum atomic E-state index is -0.288. The van der Waals surface area contributed by atoms with Crippen LogP contribution in [0.2, 0.25) is 0 Å². The topological polar surface area (TPSA) is 109 Å². The van der Waals surface area contributed by atoms with Crippen molar-refractivity contribution in [3.05, 3.63) is 59.5 Å². The zero-order valence-corrected chi connectivity index (χ0v) is 20.9. The van der Waals surface area contributed by atoms with Crippen LogP contribution >= 0.6 is 0 Å². The Morgan fingerprint density at radius 2 is 1.89 bits per heavy atom. The molecule has 0 unspecified atom stereocenters. The van der Waals surface area contributed by atoms with Gasteiger partial charge in [-0.15, -0.1) is 0 Å². The van der Waals surface area contributed by atoms with Gasteiger partial charge in [0.25, 0.3) is 0 Å². The van der Waals surface area contributed by atoms with Gasteiger partial charge in [-0.25, -0.2) is 9.78 Å². The van der Waals surface area contributed by atoms with Crippen molar-refractivity contribution in [2.24, 2.45) is 0 Å². The van der Waals surface area contributed by atoms with Crippen LogP contribution in [0.25, 0.3) is 22.2 Å². The van der Waals surface area contributed by atoms with E-state index < -0.39 is 0 Å². The number of aromatic nitrogens is 5. The van der Waals surface area contributed by atoms with Crippen LogP contribution in [0, 0.1) is 13.8 Å². The summed E-state index contributed by atoms with van der Waals surface area (Å²) in [6.45, 7) is 8.61. The third kappa shape index (κ3) is 4.53. The average molecular weight is 488 g/mol. The molecule has 1 amide bonds. The lowest BCUT2D eigenvalue weighted by Gasteiger charge is -2.34. The molecule has 4 heterocycles. The number of hydrogen-bond donors (Lipinski definition) is 1. The highest BCUT2D eigenvalue weighted by molar-refractivity contribution is 5.93. The predicted octanol–water partition coefficient (Wildman–Crippen LogP) is 4.06. The van der Waals surface area contributed by atoms with Crippen LogP contribution in [0.4, 0.5) is 10.6 Å². The van der Waals surface area contributed by atoms with Gasteiger partial charge in [0.2, 0.25) is 0 Å². The van der Waals surface area contributed by atoms with E-state index >= 15 is 0 Å². The molecule has 4 aromatic rings. The smallest absolute Gasteiger partial charge is 0.409 e. The summed E-state index contributed by atoms with van der Waals surface area (Å²) >= 11 is 0. The van der Waals surface area contributed by atoms with E-state index in [-0.39, 0.29) is 12.2 Å². The lowest BCUT2D eigenvalue weighted by molar-refractivity contribution is 0.121. The van der Waals surface area contributed by atoms with E-state index in [0.29, 0.717) is 26.2 Å². The van der Waals surface area contributed by atoms with Gasteiger partial charge in [-0.3, -0.25) is 5.10 Å². The van der Waals surface area contributed by atoms with E-state index in [9.17, 15) is 4.79 Å². The minimum absolute atomic E-state index is 0.172. The van der Waals surface area contributed by atoms with Gasteiger partial charge in [0.1, 0.15) is 23.4 Å². The number of anilines is 1. The Bertz CT molecular complexity index is 1360. The molecule has 1 aliphatic rings. The van der Waals surface area contributed by atoms with E-state index in [1.165, 1.54) is 7.11 Å². The maximum absolute atomic E-state index is 11.7. The molecule has 1 aliphatic heterocycles. The quantitative estimate of drug-likeness (QED) is 0.449. The average Bonchev–Trinajstić information content (AvgIpc) is 3.31. The number of amides is 1. The third-order valence-corrected chi connectivity index (χ3v) is 6.59. The monoisotopic (exact) mass is 487 g/mol. The summed E-state index contributed by atoms with van der Waals surface area (Å²) in [6.07, 6.45) is 3.14. The zero-order chi connectivity index (χ0) is 25.2. The van der Waals surface area contributed by atoms with Gasteiger partial charge in [-0.2, -0.15) is 15.3 Å². The maximum Gasteiger partial charge on any atom is 0.409 e. The highest BCUT2D eigenvalue weighted by Crippen LogP contribution is 2.32. The van der Waals surface area contributed by atoms with Crippen molar-refractivity contribution >= 4 is 22.8 Å². The summed E-state index contributed by atoms with van der Waals surface area (Å²) in [7, 11) is 1.41. The van der Waals surface area contributed by atoms with E-state index in [1.807, 2.05) is 57.3 Å². The van der Waals surface area contributed by atoms with Crippen molar-refractivity contribution in [3.63, 3.8) is 0 Å². The van der Waals surface area contributed by atoms with Crippen LogP contribution < -0.4 is 9.64 Å². The fourth-order valence-corrected chi connectivity index (χ4v) is 4.74. The summed E-state index contributed by atoms with van der Waals surface area (Å²) in [6, 6.07) is 9.94. The van der Waals surface area contributed by atoms with Gasteiger partial charge >= 0.3 is 6.09 Å². The maximum atomic E-state index is 11.7. The van der Waals surface area contributed by atoms with Crippen molar-refractivity contribution in [1.29, 1.82) is 0 Å². The molecule has 0 aliphatic carbocycles. The van der Waals surface area contributed by atoms with E-state index in [4.69, 9.17) is 9.47 Å². The molecule has 0 saturated carbocycles. The number of nitrogens with zero attached hydrogens (tertiary/aromatic N) is 6. The number of benzene rings is 1. The molecule has 1 saturated heterocycles. The van der Waals surface area contributed by atoms with E-state index in [2.05, 4.69) is 30.3 Å². The highest BCUT2D eigenvalue weighted by atomic mass is 16.5. The first kappa shape index (κ1) is 23.5. The molecule has 1 N–H and O–H groups in total.